The molecular formula is C24H25N3O4. The molecule has 2 amide bonds. The molecule has 0 bridgehead atoms. The lowest BCUT2D eigenvalue weighted by Gasteiger charge is -2.18. The summed E-state index contributed by atoms with van der Waals surface area (Å²) in [6.07, 6.45) is 2.08. The average Bonchev–Trinajstić information content (AvgIpc) is 3.14. The number of fused-ring (bicyclic) bond motifs is 3. The molecule has 0 unspecified atom stereocenters. The highest BCUT2D eigenvalue weighted by molar-refractivity contribution is 5.98. The lowest BCUT2D eigenvalue weighted by Crippen LogP contribution is -2.46. The molecule has 160 valence electrons. The molecule has 2 atom stereocenters. The van der Waals surface area contributed by atoms with Gasteiger partial charge in [0.2, 0.25) is 0 Å². The summed E-state index contributed by atoms with van der Waals surface area (Å²) in [4.78, 5) is 40.3. The van der Waals surface area contributed by atoms with Crippen LogP contribution in [0.4, 0.5) is 0 Å². The van der Waals surface area contributed by atoms with Crippen LogP contribution in [0.5, 0.6) is 0 Å². The highest BCUT2D eigenvalue weighted by atomic mass is 16.5. The van der Waals surface area contributed by atoms with E-state index in [2.05, 4.69) is 22.8 Å². The molecule has 1 heterocycles. The Labute approximate surface area is 180 Å². The topological polar surface area (TPSA) is 100 Å². The number of aromatic amines is 1. The fourth-order valence-corrected chi connectivity index (χ4v) is 3.88. The third kappa shape index (κ3) is 4.45. The summed E-state index contributed by atoms with van der Waals surface area (Å²) in [5.41, 5.74) is 8.91. The van der Waals surface area contributed by atoms with Crippen molar-refractivity contribution in [2.75, 3.05) is 0 Å². The summed E-state index contributed by atoms with van der Waals surface area (Å²) in [5.74, 6) is -1.05. The monoisotopic (exact) mass is 419 g/mol. The van der Waals surface area contributed by atoms with Gasteiger partial charge in [-0.2, -0.15) is 0 Å². The van der Waals surface area contributed by atoms with E-state index in [4.69, 9.17) is 4.74 Å². The maximum Gasteiger partial charge on any atom is 0.338 e. The smallest absolute Gasteiger partial charge is 0.338 e. The predicted octanol–water partition coefficient (Wildman–Crippen LogP) is 3.30. The Morgan fingerprint density at radius 1 is 1.06 bits per heavy atom. The summed E-state index contributed by atoms with van der Waals surface area (Å²) in [5, 5.41) is 1.03. The Hall–Kier alpha value is -3.61. The summed E-state index contributed by atoms with van der Waals surface area (Å²) in [7, 11) is 0. The van der Waals surface area contributed by atoms with Crippen molar-refractivity contribution in [2.45, 2.75) is 39.2 Å². The van der Waals surface area contributed by atoms with E-state index < -0.39 is 23.9 Å². The van der Waals surface area contributed by atoms with E-state index in [9.17, 15) is 14.4 Å². The van der Waals surface area contributed by atoms with Gasteiger partial charge in [0.15, 0.2) is 6.10 Å². The molecule has 3 N–H and O–H groups in total. The van der Waals surface area contributed by atoms with Gasteiger partial charge in [-0.05, 0) is 68.0 Å². The number of carbonyl (C=O) groups is 3. The van der Waals surface area contributed by atoms with Gasteiger partial charge >= 0.3 is 5.97 Å². The number of benzene rings is 2. The van der Waals surface area contributed by atoms with Gasteiger partial charge in [-0.25, -0.2) is 4.79 Å². The van der Waals surface area contributed by atoms with Crippen molar-refractivity contribution in [1.82, 2.24) is 15.8 Å². The van der Waals surface area contributed by atoms with Gasteiger partial charge in [-0.15, -0.1) is 0 Å². The fraction of sp³-hybridized carbons (Fsp3) is 0.292. The van der Waals surface area contributed by atoms with Crippen molar-refractivity contribution in [3.05, 3.63) is 70.9 Å². The maximum atomic E-state index is 12.6. The minimum absolute atomic E-state index is 0.389. The first-order chi connectivity index (χ1) is 14.9. The van der Waals surface area contributed by atoms with Crippen LogP contribution in [0.3, 0.4) is 0 Å². The number of rotatable bonds is 4. The Bertz CT molecular complexity index is 1140. The minimum Gasteiger partial charge on any atom is -0.449 e. The number of hydrogen-bond donors (Lipinski definition) is 3. The second-order valence-corrected chi connectivity index (χ2v) is 8.05. The second kappa shape index (κ2) is 8.63. The van der Waals surface area contributed by atoms with Crippen LogP contribution in [0, 0.1) is 5.92 Å². The van der Waals surface area contributed by atoms with Gasteiger partial charge in [0.25, 0.3) is 11.8 Å². The second-order valence-electron chi connectivity index (χ2n) is 8.05. The van der Waals surface area contributed by atoms with Crippen molar-refractivity contribution in [1.29, 1.82) is 0 Å². The molecule has 0 spiro atoms. The van der Waals surface area contributed by atoms with E-state index in [1.165, 1.54) is 18.2 Å². The lowest BCUT2D eigenvalue weighted by atomic mass is 9.87. The molecule has 0 radical (unpaired) electrons. The molecule has 7 heteroatoms. The Morgan fingerprint density at radius 2 is 1.84 bits per heavy atom. The SMILES string of the molecule is C[C@@H]1CCc2[nH]c3ccc(C(=O)O[C@@H](C)C(=O)NNC(=O)c4ccccc4)cc3c2C1. The number of aryl methyl sites for hydroxylation is 1. The van der Waals surface area contributed by atoms with E-state index in [0.29, 0.717) is 17.0 Å². The lowest BCUT2D eigenvalue weighted by molar-refractivity contribution is -0.129. The van der Waals surface area contributed by atoms with Crippen LogP contribution >= 0.6 is 0 Å². The van der Waals surface area contributed by atoms with Crippen LogP contribution in [0.2, 0.25) is 0 Å². The number of carbonyl (C=O) groups excluding carboxylic acids is 3. The van der Waals surface area contributed by atoms with E-state index >= 15 is 0 Å². The zero-order chi connectivity index (χ0) is 22.0. The van der Waals surface area contributed by atoms with Gasteiger partial charge in [-0.3, -0.25) is 20.4 Å². The van der Waals surface area contributed by atoms with E-state index in [1.54, 1.807) is 36.4 Å². The standard InChI is InChI=1S/C24H25N3O4/c1-14-8-10-20-18(12-14)19-13-17(9-11-21(19)25-20)24(30)31-15(2)22(28)26-27-23(29)16-6-4-3-5-7-16/h3-7,9,11,13-15,25H,8,10,12H2,1-2H3,(H,26,28)(H,27,29)/t14-,15+/m1/s1. The highest BCUT2D eigenvalue weighted by Crippen LogP contribution is 2.32. The van der Waals surface area contributed by atoms with Crippen LogP contribution in [-0.4, -0.2) is 28.9 Å². The van der Waals surface area contributed by atoms with Gasteiger partial charge in [0.05, 0.1) is 5.56 Å². The third-order valence-electron chi connectivity index (χ3n) is 5.66. The molecule has 1 aliphatic rings. The summed E-state index contributed by atoms with van der Waals surface area (Å²) >= 11 is 0. The van der Waals surface area contributed by atoms with Crippen LogP contribution in [0.15, 0.2) is 48.5 Å². The van der Waals surface area contributed by atoms with Crippen molar-refractivity contribution in [3.63, 3.8) is 0 Å². The maximum absolute atomic E-state index is 12.6. The van der Waals surface area contributed by atoms with Crippen molar-refractivity contribution >= 4 is 28.7 Å². The van der Waals surface area contributed by atoms with Gasteiger partial charge in [0, 0.05) is 22.2 Å². The van der Waals surface area contributed by atoms with E-state index in [-0.39, 0.29) is 0 Å². The van der Waals surface area contributed by atoms with E-state index in [1.807, 2.05) is 12.1 Å². The average molecular weight is 419 g/mol. The molecule has 1 aromatic heterocycles. The summed E-state index contributed by atoms with van der Waals surface area (Å²) < 4.78 is 5.31. The molecule has 0 fully saturated rings. The first-order valence-electron chi connectivity index (χ1n) is 10.4. The normalized spacial score (nSPS) is 16.3. The zero-order valence-corrected chi connectivity index (χ0v) is 17.5. The van der Waals surface area contributed by atoms with Crippen LogP contribution in [-0.2, 0) is 22.4 Å². The molecule has 0 aliphatic heterocycles. The van der Waals surface area contributed by atoms with E-state index in [0.717, 1.165) is 30.2 Å². The molecule has 3 aromatic rings. The Kier molecular flexibility index (Phi) is 5.75. The number of H-pyrrole nitrogens is 1. The van der Waals surface area contributed by atoms with Crippen molar-refractivity contribution in [2.24, 2.45) is 5.92 Å². The van der Waals surface area contributed by atoms with Crippen molar-refractivity contribution < 1.29 is 19.1 Å². The quantitative estimate of drug-likeness (QED) is 0.446. The predicted molar refractivity (Wildman–Crippen MR) is 116 cm³/mol. The van der Waals surface area contributed by atoms with Gasteiger partial charge in [-0.1, -0.05) is 25.1 Å². The number of ether oxygens (including phenoxy) is 1. The van der Waals surface area contributed by atoms with Crippen LogP contribution < -0.4 is 10.9 Å². The third-order valence-corrected chi connectivity index (χ3v) is 5.66. The largest absolute Gasteiger partial charge is 0.449 e. The Balaban J connectivity index is 1.39. The number of nitrogens with one attached hydrogen (secondary N) is 3. The number of amides is 2. The molecule has 7 nitrogen and oxygen atoms in total. The number of aromatic nitrogens is 1. The molecule has 1 aliphatic carbocycles. The molecule has 4 rings (SSSR count). The first kappa shape index (κ1) is 20.7. The number of esters is 1. The van der Waals surface area contributed by atoms with Crippen LogP contribution in [0.25, 0.3) is 10.9 Å². The molecule has 2 aromatic carbocycles. The summed E-state index contributed by atoms with van der Waals surface area (Å²) in [6, 6.07) is 13.9. The zero-order valence-electron chi connectivity index (χ0n) is 17.5. The summed E-state index contributed by atoms with van der Waals surface area (Å²) in [6.45, 7) is 3.69. The minimum atomic E-state index is -1.07. The molecule has 0 saturated carbocycles. The highest BCUT2D eigenvalue weighted by Gasteiger charge is 2.23. The molecule has 0 saturated heterocycles. The fourth-order valence-electron chi connectivity index (χ4n) is 3.88. The number of hydrazine groups is 1. The molecular weight excluding hydrogens is 394 g/mol. The van der Waals surface area contributed by atoms with Gasteiger partial charge < -0.3 is 9.72 Å². The number of hydrogen-bond acceptors (Lipinski definition) is 4. The Morgan fingerprint density at radius 3 is 2.61 bits per heavy atom. The van der Waals surface area contributed by atoms with Gasteiger partial charge in [0.1, 0.15) is 0 Å². The first-order valence-corrected chi connectivity index (χ1v) is 10.4. The van der Waals surface area contributed by atoms with Crippen molar-refractivity contribution in [3.8, 4) is 0 Å². The van der Waals surface area contributed by atoms with Crippen LogP contribution in [0.1, 0.15) is 52.2 Å². The molecule has 31 heavy (non-hydrogen) atoms.